The summed E-state index contributed by atoms with van der Waals surface area (Å²) < 4.78 is 0. The molecule has 1 saturated carbocycles. The van der Waals surface area contributed by atoms with Crippen molar-refractivity contribution in [2.45, 2.75) is 37.6 Å². The molecule has 1 fully saturated rings. The minimum Gasteiger partial charge on any atom is -0.478 e. The Morgan fingerprint density at radius 1 is 1.35 bits per heavy atom. The number of carbonyl (C=O) groups is 1. The standard InChI is InChI=1S/C14H17NO2/c16-14(17)10-3-1-9-2-4-11(13(9)7-10)8-15-12-5-6-12/h1,3,7,11-12,15H,2,4-6,8H2,(H,16,17). The molecule has 17 heavy (non-hydrogen) atoms. The molecule has 3 heteroatoms. The molecule has 0 radical (unpaired) electrons. The normalized spacial score (nSPS) is 22.5. The minimum atomic E-state index is -0.825. The summed E-state index contributed by atoms with van der Waals surface area (Å²) in [6, 6.07) is 6.29. The maximum atomic E-state index is 11.0. The topological polar surface area (TPSA) is 49.3 Å². The monoisotopic (exact) mass is 231 g/mol. The number of fused-ring (bicyclic) bond motifs is 1. The van der Waals surface area contributed by atoms with Crippen LogP contribution in [0.3, 0.4) is 0 Å². The first-order valence-electron chi connectivity index (χ1n) is 6.33. The zero-order valence-electron chi connectivity index (χ0n) is 9.78. The highest BCUT2D eigenvalue weighted by Crippen LogP contribution is 2.34. The van der Waals surface area contributed by atoms with E-state index in [1.165, 1.54) is 24.0 Å². The fraction of sp³-hybridized carbons (Fsp3) is 0.500. The number of benzene rings is 1. The van der Waals surface area contributed by atoms with Crippen LogP contribution in [0, 0.1) is 0 Å². The summed E-state index contributed by atoms with van der Waals surface area (Å²) in [5, 5.41) is 12.6. The molecule has 1 unspecified atom stereocenters. The summed E-state index contributed by atoms with van der Waals surface area (Å²) in [7, 11) is 0. The van der Waals surface area contributed by atoms with Gasteiger partial charge >= 0.3 is 5.97 Å². The first-order chi connectivity index (χ1) is 8.24. The first-order valence-corrected chi connectivity index (χ1v) is 6.33. The Kier molecular flexibility index (Phi) is 2.63. The van der Waals surface area contributed by atoms with Crippen molar-refractivity contribution >= 4 is 5.97 Å². The molecule has 0 heterocycles. The van der Waals surface area contributed by atoms with Crippen LogP contribution >= 0.6 is 0 Å². The molecule has 0 spiro atoms. The van der Waals surface area contributed by atoms with Gasteiger partial charge in [-0.1, -0.05) is 6.07 Å². The summed E-state index contributed by atoms with van der Waals surface area (Å²) >= 11 is 0. The van der Waals surface area contributed by atoms with E-state index in [1.807, 2.05) is 12.1 Å². The van der Waals surface area contributed by atoms with Crippen molar-refractivity contribution in [3.05, 3.63) is 34.9 Å². The predicted molar refractivity (Wildman–Crippen MR) is 65.5 cm³/mol. The number of nitrogens with one attached hydrogen (secondary N) is 1. The van der Waals surface area contributed by atoms with E-state index in [4.69, 9.17) is 5.11 Å². The number of aromatic carboxylic acids is 1. The fourth-order valence-electron chi connectivity index (χ4n) is 2.63. The van der Waals surface area contributed by atoms with Crippen LogP contribution in [-0.4, -0.2) is 23.7 Å². The smallest absolute Gasteiger partial charge is 0.335 e. The molecule has 3 nitrogen and oxygen atoms in total. The lowest BCUT2D eigenvalue weighted by Gasteiger charge is -2.12. The Hall–Kier alpha value is -1.35. The van der Waals surface area contributed by atoms with E-state index in [9.17, 15) is 4.79 Å². The minimum absolute atomic E-state index is 0.419. The van der Waals surface area contributed by atoms with Gasteiger partial charge in [0.2, 0.25) is 0 Å². The number of carboxylic acid groups (broad SMARTS) is 1. The van der Waals surface area contributed by atoms with Gasteiger partial charge in [-0.25, -0.2) is 4.79 Å². The average Bonchev–Trinajstić information content (AvgIpc) is 3.06. The highest BCUT2D eigenvalue weighted by Gasteiger charge is 2.26. The molecule has 0 aromatic heterocycles. The summed E-state index contributed by atoms with van der Waals surface area (Å²) in [5.41, 5.74) is 3.00. The molecular weight excluding hydrogens is 214 g/mol. The lowest BCUT2D eigenvalue weighted by Crippen LogP contribution is -2.22. The van der Waals surface area contributed by atoms with Crippen LogP contribution in [0.4, 0.5) is 0 Å². The van der Waals surface area contributed by atoms with Crippen molar-refractivity contribution in [2.24, 2.45) is 0 Å². The summed E-state index contributed by atoms with van der Waals surface area (Å²) in [4.78, 5) is 11.0. The van der Waals surface area contributed by atoms with E-state index in [0.29, 0.717) is 11.5 Å². The van der Waals surface area contributed by atoms with E-state index >= 15 is 0 Å². The summed E-state index contributed by atoms with van der Waals surface area (Å²) in [5.74, 6) is -0.321. The first kappa shape index (κ1) is 10.8. The van der Waals surface area contributed by atoms with Gasteiger partial charge in [0, 0.05) is 12.6 Å². The molecule has 0 aliphatic heterocycles. The van der Waals surface area contributed by atoms with E-state index in [2.05, 4.69) is 5.32 Å². The molecule has 2 aliphatic rings. The van der Waals surface area contributed by atoms with E-state index in [-0.39, 0.29) is 0 Å². The Morgan fingerprint density at radius 3 is 2.88 bits per heavy atom. The Morgan fingerprint density at radius 2 is 2.18 bits per heavy atom. The van der Waals surface area contributed by atoms with Crippen LogP contribution in [0.5, 0.6) is 0 Å². The van der Waals surface area contributed by atoms with Gasteiger partial charge in [0.05, 0.1) is 5.56 Å². The molecule has 0 saturated heterocycles. The highest BCUT2D eigenvalue weighted by atomic mass is 16.4. The second kappa shape index (κ2) is 4.15. The fourth-order valence-corrected chi connectivity index (χ4v) is 2.63. The highest BCUT2D eigenvalue weighted by molar-refractivity contribution is 5.88. The van der Waals surface area contributed by atoms with Gasteiger partial charge < -0.3 is 10.4 Å². The van der Waals surface area contributed by atoms with E-state index in [1.54, 1.807) is 6.07 Å². The second-order valence-corrected chi connectivity index (χ2v) is 5.14. The summed E-state index contributed by atoms with van der Waals surface area (Å²) in [6.45, 7) is 1.00. The van der Waals surface area contributed by atoms with Crippen molar-refractivity contribution < 1.29 is 9.90 Å². The molecule has 1 aromatic rings. The van der Waals surface area contributed by atoms with Gasteiger partial charge in [0.25, 0.3) is 0 Å². The van der Waals surface area contributed by atoms with Crippen molar-refractivity contribution in [3.8, 4) is 0 Å². The molecule has 1 aromatic carbocycles. The van der Waals surface area contributed by atoms with Gasteiger partial charge in [-0.05, 0) is 54.9 Å². The van der Waals surface area contributed by atoms with Crippen molar-refractivity contribution in [2.75, 3.05) is 6.54 Å². The zero-order chi connectivity index (χ0) is 11.8. The molecule has 2 N–H and O–H groups in total. The third kappa shape index (κ3) is 2.20. The third-order valence-corrected chi connectivity index (χ3v) is 3.83. The number of hydrogen-bond acceptors (Lipinski definition) is 2. The molecular formula is C14H17NO2. The van der Waals surface area contributed by atoms with Gasteiger partial charge in [0.1, 0.15) is 0 Å². The van der Waals surface area contributed by atoms with E-state index in [0.717, 1.165) is 25.4 Å². The molecule has 1 atom stereocenters. The average molecular weight is 231 g/mol. The second-order valence-electron chi connectivity index (χ2n) is 5.14. The van der Waals surface area contributed by atoms with E-state index < -0.39 is 5.97 Å². The SMILES string of the molecule is O=C(O)c1ccc2c(c1)C(CNC1CC1)CC2. The van der Waals surface area contributed by atoms with Gasteiger partial charge in [0.15, 0.2) is 0 Å². The number of aryl methyl sites for hydroxylation is 1. The van der Waals surface area contributed by atoms with Crippen molar-refractivity contribution in [1.82, 2.24) is 5.32 Å². The predicted octanol–water partition coefficient (Wildman–Crippen LogP) is 2.17. The Labute approximate surface area is 101 Å². The van der Waals surface area contributed by atoms with Gasteiger partial charge in [-0.15, -0.1) is 0 Å². The maximum Gasteiger partial charge on any atom is 0.335 e. The van der Waals surface area contributed by atoms with Crippen LogP contribution in [0.25, 0.3) is 0 Å². The van der Waals surface area contributed by atoms with Crippen molar-refractivity contribution in [3.63, 3.8) is 0 Å². The molecule has 0 amide bonds. The quantitative estimate of drug-likeness (QED) is 0.835. The van der Waals surface area contributed by atoms with Gasteiger partial charge in [-0.3, -0.25) is 0 Å². The number of hydrogen-bond donors (Lipinski definition) is 2. The molecule has 90 valence electrons. The molecule has 3 rings (SSSR count). The van der Waals surface area contributed by atoms with Gasteiger partial charge in [-0.2, -0.15) is 0 Å². The largest absolute Gasteiger partial charge is 0.478 e. The van der Waals surface area contributed by atoms with Crippen molar-refractivity contribution in [1.29, 1.82) is 0 Å². The van der Waals surface area contributed by atoms with Crippen LogP contribution in [0.2, 0.25) is 0 Å². The number of carboxylic acids is 1. The Balaban J connectivity index is 1.78. The number of rotatable bonds is 4. The van der Waals surface area contributed by atoms with Crippen LogP contribution in [0.15, 0.2) is 18.2 Å². The Bertz CT molecular complexity index is 452. The zero-order valence-corrected chi connectivity index (χ0v) is 9.78. The van der Waals surface area contributed by atoms with Crippen LogP contribution in [0.1, 0.15) is 46.7 Å². The lowest BCUT2D eigenvalue weighted by atomic mass is 9.99. The molecule has 0 bridgehead atoms. The summed E-state index contributed by atoms with van der Waals surface area (Å²) in [6.07, 6.45) is 4.84. The third-order valence-electron chi connectivity index (χ3n) is 3.83. The maximum absolute atomic E-state index is 11.0. The lowest BCUT2D eigenvalue weighted by molar-refractivity contribution is 0.0697. The van der Waals surface area contributed by atoms with Crippen LogP contribution < -0.4 is 5.32 Å². The molecule has 2 aliphatic carbocycles. The van der Waals surface area contributed by atoms with Crippen LogP contribution in [-0.2, 0) is 6.42 Å².